The van der Waals surface area contributed by atoms with Gasteiger partial charge in [0.05, 0.1) is 16.8 Å². The summed E-state index contributed by atoms with van der Waals surface area (Å²) in [6, 6.07) is 5.70. The van der Waals surface area contributed by atoms with Crippen LogP contribution in [0.15, 0.2) is 37.1 Å². The largest absolute Gasteiger partial charge is 0.320 e. The second kappa shape index (κ2) is 6.88. The molecule has 1 N–H and O–H groups in total. The zero-order valence-corrected chi connectivity index (χ0v) is 16.6. The molecule has 0 unspecified atom stereocenters. The quantitative estimate of drug-likeness (QED) is 0.740. The number of thiophene rings is 1. The van der Waals surface area contributed by atoms with Crippen molar-refractivity contribution in [3.63, 3.8) is 0 Å². The van der Waals surface area contributed by atoms with E-state index in [0.29, 0.717) is 22.8 Å². The van der Waals surface area contributed by atoms with E-state index in [4.69, 9.17) is 0 Å². The topological polar surface area (TPSA) is 72.7 Å². The molecule has 27 heavy (non-hydrogen) atoms. The van der Waals surface area contributed by atoms with E-state index in [1.165, 1.54) is 23.2 Å². The smallest absolute Gasteiger partial charge is 0.265 e. The Balaban J connectivity index is 1.46. The number of anilines is 1. The summed E-state index contributed by atoms with van der Waals surface area (Å²) >= 11 is 1.62. The fourth-order valence-electron chi connectivity index (χ4n) is 3.49. The van der Waals surface area contributed by atoms with Crippen molar-refractivity contribution in [1.82, 2.24) is 19.7 Å². The SMILES string of the molecule is CC(C)(C)[C@H]1CCc2sc(C(=O)Nc3ccc(-n4cncn4)nc3)cc2C1. The zero-order valence-electron chi connectivity index (χ0n) is 15.8. The van der Waals surface area contributed by atoms with Crippen molar-refractivity contribution in [2.24, 2.45) is 11.3 Å². The number of amides is 1. The van der Waals surface area contributed by atoms with E-state index in [1.807, 2.05) is 6.07 Å². The molecule has 1 aliphatic carbocycles. The number of aromatic nitrogens is 4. The molecular weight excluding hydrogens is 358 g/mol. The molecule has 3 aromatic heterocycles. The lowest BCUT2D eigenvalue weighted by Gasteiger charge is -2.33. The maximum atomic E-state index is 12.7. The van der Waals surface area contributed by atoms with Gasteiger partial charge in [0.25, 0.3) is 5.91 Å². The average Bonchev–Trinajstić information content (AvgIpc) is 3.30. The number of carbonyl (C=O) groups is 1. The van der Waals surface area contributed by atoms with Gasteiger partial charge in [-0.05, 0) is 54.4 Å². The molecule has 3 heterocycles. The lowest BCUT2D eigenvalue weighted by molar-refractivity contribution is 0.103. The van der Waals surface area contributed by atoms with Crippen LogP contribution in [0.3, 0.4) is 0 Å². The van der Waals surface area contributed by atoms with Crippen LogP contribution >= 0.6 is 11.3 Å². The van der Waals surface area contributed by atoms with Crippen molar-refractivity contribution in [2.75, 3.05) is 5.32 Å². The molecule has 3 aromatic rings. The van der Waals surface area contributed by atoms with Gasteiger partial charge in [-0.1, -0.05) is 20.8 Å². The van der Waals surface area contributed by atoms with E-state index in [1.54, 1.807) is 34.6 Å². The summed E-state index contributed by atoms with van der Waals surface area (Å²) in [6.45, 7) is 6.91. The fraction of sp³-hybridized carbons (Fsp3) is 0.400. The van der Waals surface area contributed by atoms with E-state index in [2.05, 4.69) is 47.2 Å². The number of aryl methyl sites for hydroxylation is 1. The van der Waals surface area contributed by atoms with E-state index >= 15 is 0 Å². The van der Waals surface area contributed by atoms with Gasteiger partial charge >= 0.3 is 0 Å². The Kier molecular flexibility index (Phi) is 4.55. The second-order valence-electron chi connectivity index (χ2n) is 8.06. The number of hydrogen-bond acceptors (Lipinski definition) is 5. The van der Waals surface area contributed by atoms with Gasteiger partial charge in [-0.15, -0.1) is 11.3 Å². The van der Waals surface area contributed by atoms with Crippen LogP contribution in [0, 0.1) is 11.3 Å². The molecule has 0 saturated carbocycles. The van der Waals surface area contributed by atoms with Crippen molar-refractivity contribution < 1.29 is 4.79 Å². The number of carbonyl (C=O) groups excluding carboxylic acids is 1. The van der Waals surface area contributed by atoms with Crippen LogP contribution in [0.1, 0.15) is 47.3 Å². The standard InChI is InChI=1S/C20H23N5OS/c1-20(2,3)14-4-6-16-13(8-14)9-17(27-16)19(26)24-15-5-7-18(22-10-15)25-12-21-11-23-25/h5,7,9-12,14H,4,6,8H2,1-3H3,(H,24,26)/t14-/m0/s1. The van der Waals surface area contributed by atoms with E-state index in [0.717, 1.165) is 17.7 Å². The highest BCUT2D eigenvalue weighted by Crippen LogP contribution is 2.40. The van der Waals surface area contributed by atoms with Gasteiger partial charge in [-0.3, -0.25) is 4.79 Å². The summed E-state index contributed by atoms with van der Waals surface area (Å²) in [6.07, 6.45) is 8.02. The minimum Gasteiger partial charge on any atom is -0.320 e. The maximum absolute atomic E-state index is 12.7. The summed E-state index contributed by atoms with van der Waals surface area (Å²) < 4.78 is 1.57. The highest BCUT2D eigenvalue weighted by Gasteiger charge is 2.30. The lowest BCUT2D eigenvalue weighted by atomic mass is 9.72. The normalized spacial score (nSPS) is 16.8. The Labute approximate surface area is 162 Å². The molecule has 6 nitrogen and oxygen atoms in total. The fourth-order valence-corrected chi connectivity index (χ4v) is 4.59. The molecule has 1 amide bonds. The molecule has 1 aliphatic rings. The van der Waals surface area contributed by atoms with Crippen LogP contribution in [0.25, 0.3) is 5.82 Å². The van der Waals surface area contributed by atoms with E-state index < -0.39 is 0 Å². The van der Waals surface area contributed by atoms with Gasteiger partial charge in [-0.2, -0.15) is 5.10 Å². The first-order chi connectivity index (χ1) is 12.9. The Morgan fingerprint density at radius 3 is 2.85 bits per heavy atom. The average molecular weight is 382 g/mol. The maximum Gasteiger partial charge on any atom is 0.265 e. The van der Waals surface area contributed by atoms with Crippen LogP contribution in [0.4, 0.5) is 5.69 Å². The van der Waals surface area contributed by atoms with Crippen LogP contribution in [-0.4, -0.2) is 25.7 Å². The zero-order chi connectivity index (χ0) is 19.0. The molecule has 140 valence electrons. The third-order valence-corrected chi connectivity index (χ3v) is 6.43. The minimum atomic E-state index is -0.0722. The molecule has 0 radical (unpaired) electrons. The van der Waals surface area contributed by atoms with Gasteiger partial charge < -0.3 is 5.32 Å². The summed E-state index contributed by atoms with van der Waals surface area (Å²) in [7, 11) is 0. The van der Waals surface area contributed by atoms with Crippen molar-refractivity contribution >= 4 is 22.9 Å². The Morgan fingerprint density at radius 2 is 2.19 bits per heavy atom. The number of rotatable bonds is 3. The lowest BCUT2D eigenvalue weighted by Crippen LogP contribution is -2.26. The highest BCUT2D eigenvalue weighted by molar-refractivity contribution is 7.14. The Hall–Kier alpha value is -2.54. The molecule has 0 bridgehead atoms. The number of hydrogen-bond donors (Lipinski definition) is 1. The summed E-state index contributed by atoms with van der Waals surface area (Å²) in [5, 5.41) is 6.99. The molecule has 7 heteroatoms. The molecule has 0 aliphatic heterocycles. The van der Waals surface area contributed by atoms with Crippen molar-refractivity contribution in [2.45, 2.75) is 40.0 Å². The number of fused-ring (bicyclic) bond motifs is 1. The first kappa shape index (κ1) is 17.9. The van der Waals surface area contributed by atoms with Gasteiger partial charge in [-0.25, -0.2) is 14.6 Å². The highest BCUT2D eigenvalue weighted by atomic mass is 32.1. The van der Waals surface area contributed by atoms with Crippen LogP contribution < -0.4 is 5.32 Å². The third kappa shape index (κ3) is 3.78. The van der Waals surface area contributed by atoms with Gasteiger partial charge in [0.2, 0.25) is 0 Å². The summed E-state index contributed by atoms with van der Waals surface area (Å²) in [4.78, 5) is 23.0. The number of pyridine rings is 1. The molecule has 4 rings (SSSR count). The molecular formula is C20H23N5OS. The monoisotopic (exact) mass is 381 g/mol. The minimum absolute atomic E-state index is 0.0722. The van der Waals surface area contributed by atoms with Crippen molar-refractivity contribution in [3.05, 3.63) is 52.4 Å². The van der Waals surface area contributed by atoms with E-state index in [9.17, 15) is 4.79 Å². The van der Waals surface area contributed by atoms with E-state index in [-0.39, 0.29) is 5.91 Å². The molecule has 0 aromatic carbocycles. The van der Waals surface area contributed by atoms with Crippen molar-refractivity contribution in [3.8, 4) is 5.82 Å². The molecule has 0 fully saturated rings. The summed E-state index contributed by atoms with van der Waals surface area (Å²) in [5.41, 5.74) is 2.32. The van der Waals surface area contributed by atoms with Crippen LogP contribution in [-0.2, 0) is 12.8 Å². The third-order valence-electron chi connectivity index (χ3n) is 5.19. The Bertz CT molecular complexity index is 938. The van der Waals surface area contributed by atoms with Crippen LogP contribution in [0.2, 0.25) is 0 Å². The first-order valence-electron chi connectivity index (χ1n) is 9.14. The predicted molar refractivity (Wildman–Crippen MR) is 106 cm³/mol. The van der Waals surface area contributed by atoms with Crippen LogP contribution in [0.5, 0.6) is 0 Å². The Morgan fingerprint density at radius 1 is 1.33 bits per heavy atom. The van der Waals surface area contributed by atoms with Crippen molar-refractivity contribution in [1.29, 1.82) is 0 Å². The second-order valence-corrected chi connectivity index (χ2v) is 9.20. The number of nitrogens with zero attached hydrogens (tertiary/aromatic N) is 4. The molecule has 0 saturated heterocycles. The molecule has 1 atom stereocenters. The van der Waals surface area contributed by atoms with Gasteiger partial charge in [0.1, 0.15) is 12.7 Å². The molecule has 0 spiro atoms. The predicted octanol–water partition coefficient (Wildman–Crippen LogP) is 4.13. The van der Waals surface area contributed by atoms with Gasteiger partial charge in [0.15, 0.2) is 5.82 Å². The first-order valence-corrected chi connectivity index (χ1v) is 9.96. The summed E-state index contributed by atoms with van der Waals surface area (Å²) in [5.74, 6) is 1.26. The number of nitrogens with one attached hydrogen (secondary N) is 1. The van der Waals surface area contributed by atoms with Gasteiger partial charge in [0, 0.05) is 4.88 Å².